The summed E-state index contributed by atoms with van der Waals surface area (Å²) in [5.41, 5.74) is 0.737. The molecule has 5 nitrogen and oxygen atoms in total. The number of rotatable bonds is 6. The molecule has 0 aliphatic heterocycles. The first-order chi connectivity index (χ1) is 15.2. The lowest BCUT2D eigenvalue weighted by atomic mass is 10.1. The van der Waals surface area contributed by atoms with Gasteiger partial charge >= 0.3 is 0 Å². The zero-order valence-electron chi connectivity index (χ0n) is 16.6. The highest BCUT2D eigenvalue weighted by molar-refractivity contribution is 7.80. The molecule has 0 radical (unpaired) electrons. The van der Waals surface area contributed by atoms with E-state index in [0.29, 0.717) is 11.5 Å². The van der Waals surface area contributed by atoms with Crippen molar-refractivity contribution in [2.75, 3.05) is 11.9 Å². The Morgan fingerprint density at radius 1 is 0.774 bits per heavy atom. The number of hydrogen-bond acceptors (Lipinski definition) is 4. The van der Waals surface area contributed by atoms with E-state index in [2.05, 4.69) is 10.6 Å². The highest BCUT2D eigenvalue weighted by Gasteiger charge is 2.08. The lowest BCUT2D eigenvalue weighted by Gasteiger charge is -2.12. The van der Waals surface area contributed by atoms with E-state index in [1.165, 1.54) is 0 Å². The summed E-state index contributed by atoms with van der Waals surface area (Å²) < 4.78 is 11.4. The van der Waals surface area contributed by atoms with Gasteiger partial charge in [-0.2, -0.15) is 0 Å². The van der Waals surface area contributed by atoms with E-state index in [0.717, 1.165) is 22.2 Å². The van der Waals surface area contributed by atoms with Gasteiger partial charge in [0.05, 0.1) is 0 Å². The van der Waals surface area contributed by atoms with E-state index in [9.17, 15) is 4.79 Å². The number of carbonyl (C=O) groups excluding carboxylic acids is 1. The van der Waals surface area contributed by atoms with Crippen molar-refractivity contribution in [1.82, 2.24) is 5.32 Å². The molecule has 0 aliphatic carbocycles. The smallest absolute Gasteiger partial charge is 0.264 e. The molecule has 31 heavy (non-hydrogen) atoms. The Labute approximate surface area is 185 Å². The van der Waals surface area contributed by atoms with Crippen LogP contribution in [0.4, 0.5) is 5.69 Å². The highest BCUT2D eigenvalue weighted by atomic mass is 32.1. The van der Waals surface area contributed by atoms with Gasteiger partial charge in [-0.25, -0.2) is 0 Å². The van der Waals surface area contributed by atoms with Crippen LogP contribution in [0.5, 0.6) is 17.2 Å². The molecular weight excluding hydrogens is 408 g/mol. The second-order valence-electron chi connectivity index (χ2n) is 6.71. The van der Waals surface area contributed by atoms with Crippen molar-refractivity contribution in [2.24, 2.45) is 0 Å². The van der Waals surface area contributed by atoms with Crippen molar-refractivity contribution in [3.8, 4) is 17.2 Å². The monoisotopic (exact) mass is 428 g/mol. The Hall–Kier alpha value is -3.90. The molecule has 0 bridgehead atoms. The fourth-order valence-electron chi connectivity index (χ4n) is 3.02. The van der Waals surface area contributed by atoms with E-state index in [1.54, 1.807) is 0 Å². The number of carbonyl (C=O) groups is 1. The molecular formula is C25H20N2O3S. The first-order valence-electron chi connectivity index (χ1n) is 9.72. The molecule has 154 valence electrons. The van der Waals surface area contributed by atoms with Gasteiger partial charge in [-0.15, -0.1) is 0 Å². The number of thiocarbonyl (C=S) groups is 1. The minimum absolute atomic E-state index is 0.139. The van der Waals surface area contributed by atoms with Crippen LogP contribution in [0.15, 0.2) is 97.1 Å². The summed E-state index contributed by atoms with van der Waals surface area (Å²) in [6.45, 7) is -0.139. The Morgan fingerprint density at radius 3 is 2.26 bits per heavy atom. The Balaban J connectivity index is 1.27. The van der Waals surface area contributed by atoms with Crippen LogP contribution in [-0.4, -0.2) is 17.6 Å². The lowest BCUT2D eigenvalue weighted by molar-refractivity contribution is -0.121. The highest BCUT2D eigenvalue weighted by Crippen LogP contribution is 2.25. The number of anilines is 1. The van der Waals surface area contributed by atoms with Crippen LogP contribution in [0, 0.1) is 0 Å². The summed E-state index contributed by atoms with van der Waals surface area (Å²) >= 11 is 5.23. The fourth-order valence-corrected chi connectivity index (χ4v) is 3.25. The number of hydrogen-bond donors (Lipinski definition) is 2. The van der Waals surface area contributed by atoms with E-state index >= 15 is 0 Å². The third-order valence-electron chi connectivity index (χ3n) is 4.45. The van der Waals surface area contributed by atoms with Gasteiger partial charge < -0.3 is 14.8 Å². The fraction of sp³-hybridized carbons (Fsp3) is 0.0400. The number of fused-ring (bicyclic) bond motifs is 1. The van der Waals surface area contributed by atoms with Crippen LogP contribution in [0.25, 0.3) is 10.8 Å². The van der Waals surface area contributed by atoms with Crippen molar-refractivity contribution >= 4 is 39.7 Å². The SMILES string of the molecule is O=C(COc1cccc2ccccc12)NC(=S)Nc1ccc(Oc2ccccc2)cc1. The molecule has 0 heterocycles. The maximum absolute atomic E-state index is 12.2. The summed E-state index contributed by atoms with van der Waals surface area (Å²) in [6, 6.07) is 30.4. The Kier molecular flexibility index (Phi) is 6.40. The largest absolute Gasteiger partial charge is 0.483 e. The molecule has 0 aromatic heterocycles. The van der Waals surface area contributed by atoms with E-state index in [-0.39, 0.29) is 17.6 Å². The molecule has 4 aromatic carbocycles. The number of benzene rings is 4. The predicted molar refractivity (Wildman–Crippen MR) is 127 cm³/mol. The van der Waals surface area contributed by atoms with E-state index in [4.69, 9.17) is 21.7 Å². The van der Waals surface area contributed by atoms with E-state index < -0.39 is 0 Å². The third-order valence-corrected chi connectivity index (χ3v) is 4.66. The summed E-state index contributed by atoms with van der Waals surface area (Å²) in [4.78, 5) is 12.2. The van der Waals surface area contributed by atoms with Gasteiger partial charge in [0.15, 0.2) is 11.7 Å². The van der Waals surface area contributed by atoms with Gasteiger partial charge in [0.2, 0.25) is 0 Å². The minimum Gasteiger partial charge on any atom is -0.483 e. The lowest BCUT2D eigenvalue weighted by Crippen LogP contribution is -2.37. The minimum atomic E-state index is -0.338. The summed E-state index contributed by atoms with van der Waals surface area (Å²) in [7, 11) is 0. The normalized spacial score (nSPS) is 10.3. The molecule has 0 aliphatic rings. The maximum atomic E-state index is 12.2. The van der Waals surface area contributed by atoms with Crippen molar-refractivity contribution in [3.05, 3.63) is 97.1 Å². The standard InChI is InChI=1S/C25H20N2O3S/c28-24(17-29-23-12-6-8-18-7-4-5-11-22(18)23)27-25(31)26-19-13-15-21(16-14-19)30-20-9-2-1-3-10-20/h1-16H,17H2,(H2,26,27,28,31). The molecule has 2 N–H and O–H groups in total. The van der Waals surface area contributed by atoms with Gasteiger partial charge in [0, 0.05) is 11.1 Å². The van der Waals surface area contributed by atoms with E-state index in [1.807, 2.05) is 97.1 Å². The van der Waals surface area contributed by atoms with Crippen molar-refractivity contribution in [1.29, 1.82) is 0 Å². The third kappa shape index (κ3) is 5.58. The zero-order valence-corrected chi connectivity index (χ0v) is 17.4. The van der Waals surface area contributed by atoms with Crippen LogP contribution in [-0.2, 0) is 4.79 Å². The summed E-state index contributed by atoms with van der Waals surface area (Å²) in [6.07, 6.45) is 0. The molecule has 0 saturated heterocycles. The van der Waals surface area contributed by atoms with Crippen LogP contribution >= 0.6 is 12.2 Å². The second-order valence-corrected chi connectivity index (χ2v) is 7.12. The number of nitrogens with one attached hydrogen (secondary N) is 2. The average Bonchev–Trinajstić information content (AvgIpc) is 2.79. The first-order valence-corrected chi connectivity index (χ1v) is 10.1. The Morgan fingerprint density at radius 2 is 1.45 bits per heavy atom. The molecule has 0 unspecified atom stereocenters. The molecule has 0 fully saturated rings. The number of para-hydroxylation sites is 1. The average molecular weight is 429 g/mol. The molecule has 0 spiro atoms. The van der Waals surface area contributed by atoms with Crippen LogP contribution in [0.1, 0.15) is 0 Å². The molecule has 0 atom stereocenters. The first kappa shape index (κ1) is 20.4. The zero-order chi connectivity index (χ0) is 21.5. The molecule has 6 heteroatoms. The van der Waals surface area contributed by atoms with Gasteiger partial charge in [-0.3, -0.25) is 10.1 Å². The number of ether oxygens (including phenoxy) is 2. The van der Waals surface area contributed by atoms with Crippen molar-refractivity contribution < 1.29 is 14.3 Å². The van der Waals surface area contributed by atoms with Crippen LogP contribution in [0.2, 0.25) is 0 Å². The number of amides is 1. The predicted octanol–water partition coefficient (Wildman–Crippen LogP) is 5.52. The van der Waals surface area contributed by atoms with Gasteiger partial charge in [-0.1, -0.05) is 54.6 Å². The molecule has 4 aromatic rings. The summed E-state index contributed by atoms with van der Waals surface area (Å²) in [5.74, 6) is 1.78. The van der Waals surface area contributed by atoms with Gasteiger partial charge in [0.25, 0.3) is 5.91 Å². The van der Waals surface area contributed by atoms with Crippen molar-refractivity contribution in [3.63, 3.8) is 0 Å². The maximum Gasteiger partial charge on any atom is 0.264 e. The topological polar surface area (TPSA) is 59.6 Å². The van der Waals surface area contributed by atoms with Crippen LogP contribution < -0.4 is 20.1 Å². The molecule has 0 saturated carbocycles. The van der Waals surface area contributed by atoms with Crippen molar-refractivity contribution in [2.45, 2.75) is 0 Å². The second kappa shape index (κ2) is 9.73. The van der Waals surface area contributed by atoms with Gasteiger partial charge in [0.1, 0.15) is 17.2 Å². The van der Waals surface area contributed by atoms with Crippen LogP contribution in [0.3, 0.4) is 0 Å². The van der Waals surface area contributed by atoms with Gasteiger partial charge in [-0.05, 0) is 60.1 Å². The summed E-state index contributed by atoms with van der Waals surface area (Å²) in [5, 5.41) is 7.81. The Bertz CT molecular complexity index is 1190. The quantitative estimate of drug-likeness (QED) is 0.396. The molecule has 4 rings (SSSR count). The molecule has 1 amide bonds.